The van der Waals surface area contributed by atoms with E-state index >= 15 is 0 Å². The van der Waals surface area contributed by atoms with Crippen molar-refractivity contribution in [1.82, 2.24) is 0 Å². The van der Waals surface area contributed by atoms with Crippen molar-refractivity contribution >= 4 is 0 Å². The molecule has 0 aromatic heterocycles. The van der Waals surface area contributed by atoms with Gasteiger partial charge in [0.2, 0.25) is 0 Å². The Labute approximate surface area is 121 Å². The number of benzene rings is 1. The van der Waals surface area contributed by atoms with E-state index in [1.54, 1.807) is 14.2 Å². The Hall–Kier alpha value is -1.06. The van der Waals surface area contributed by atoms with Crippen molar-refractivity contribution in [2.45, 2.75) is 44.6 Å². The third-order valence-electron chi connectivity index (χ3n) is 5.29. The first-order valence-electron chi connectivity index (χ1n) is 7.46. The molecule has 0 unspecified atom stereocenters. The van der Waals surface area contributed by atoms with Crippen molar-refractivity contribution in [1.29, 1.82) is 0 Å². The first-order valence-corrected chi connectivity index (χ1v) is 7.46. The largest absolute Gasteiger partial charge is 0.497 e. The number of rotatable bonds is 4. The van der Waals surface area contributed by atoms with Crippen LogP contribution < -0.4 is 4.74 Å². The second kappa shape index (κ2) is 5.38. The molecule has 2 aliphatic rings. The van der Waals surface area contributed by atoms with Crippen molar-refractivity contribution in [2.24, 2.45) is 5.41 Å². The minimum Gasteiger partial charge on any atom is -0.497 e. The molecule has 1 fully saturated rings. The van der Waals surface area contributed by atoms with E-state index in [0.717, 1.165) is 18.6 Å². The highest BCUT2D eigenvalue weighted by atomic mass is 16.7. The molecule has 0 spiro atoms. The maximum absolute atomic E-state index is 5.94. The van der Waals surface area contributed by atoms with Crippen LogP contribution in [0.5, 0.6) is 5.75 Å². The molecular weight excluding hydrogens is 252 g/mol. The van der Waals surface area contributed by atoms with Crippen LogP contribution >= 0.6 is 0 Å². The Kier molecular flexibility index (Phi) is 3.74. The molecule has 3 heteroatoms. The molecule has 3 nitrogen and oxygen atoms in total. The number of methoxy groups -OCH3 is 2. The van der Waals surface area contributed by atoms with Crippen molar-refractivity contribution in [3.63, 3.8) is 0 Å². The van der Waals surface area contributed by atoms with Gasteiger partial charge in [-0.2, -0.15) is 0 Å². The highest BCUT2D eigenvalue weighted by Gasteiger charge is 2.50. The Balaban J connectivity index is 1.87. The minimum absolute atomic E-state index is 0.250. The third kappa shape index (κ3) is 2.13. The van der Waals surface area contributed by atoms with Gasteiger partial charge < -0.3 is 14.2 Å². The fourth-order valence-corrected chi connectivity index (χ4v) is 4.14. The van der Waals surface area contributed by atoms with Crippen LogP contribution in [-0.4, -0.2) is 27.1 Å². The van der Waals surface area contributed by atoms with E-state index in [0.29, 0.717) is 18.8 Å². The number of ether oxygens (including phenoxy) is 3. The van der Waals surface area contributed by atoms with Crippen molar-refractivity contribution in [2.75, 3.05) is 21.0 Å². The van der Waals surface area contributed by atoms with Crippen molar-refractivity contribution in [3.8, 4) is 5.75 Å². The van der Waals surface area contributed by atoms with Gasteiger partial charge in [0, 0.05) is 12.5 Å². The number of hydrogen-bond acceptors (Lipinski definition) is 3. The average molecular weight is 276 g/mol. The maximum Gasteiger partial charge on any atom is 0.146 e. The summed E-state index contributed by atoms with van der Waals surface area (Å²) in [5.74, 6) is 1.58. The van der Waals surface area contributed by atoms with Gasteiger partial charge in [0.15, 0.2) is 0 Å². The van der Waals surface area contributed by atoms with Crippen LogP contribution in [0.25, 0.3) is 0 Å². The van der Waals surface area contributed by atoms with E-state index in [-0.39, 0.29) is 5.41 Å². The zero-order chi connectivity index (χ0) is 14.2. The molecule has 110 valence electrons. The van der Waals surface area contributed by atoms with E-state index < -0.39 is 0 Å². The molecule has 0 saturated heterocycles. The lowest BCUT2D eigenvalue weighted by Crippen LogP contribution is -2.37. The lowest BCUT2D eigenvalue weighted by atomic mass is 9.66. The van der Waals surface area contributed by atoms with Gasteiger partial charge in [-0.3, -0.25) is 0 Å². The van der Waals surface area contributed by atoms with Gasteiger partial charge in [0.05, 0.1) is 13.2 Å². The predicted molar refractivity (Wildman–Crippen MR) is 78.1 cm³/mol. The molecule has 1 aromatic carbocycles. The van der Waals surface area contributed by atoms with E-state index in [4.69, 9.17) is 14.2 Å². The molecule has 3 rings (SSSR count). The predicted octanol–water partition coefficient (Wildman–Crippen LogP) is 3.51. The van der Waals surface area contributed by atoms with Gasteiger partial charge in [-0.1, -0.05) is 13.0 Å². The Bertz CT molecular complexity index is 485. The van der Waals surface area contributed by atoms with E-state index in [1.165, 1.54) is 24.0 Å². The molecule has 20 heavy (non-hydrogen) atoms. The molecule has 0 amide bonds. The molecule has 1 aromatic rings. The molecule has 0 bridgehead atoms. The third-order valence-corrected chi connectivity index (χ3v) is 5.29. The smallest absolute Gasteiger partial charge is 0.146 e. The van der Waals surface area contributed by atoms with Gasteiger partial charge in [-0.15, -0.1) is 0 Å². The van der Waals surface area contributed by atoms with Crippen LogP contribution in [0.1, 0.15) is 43.2 Å². The lowest BCUT2D eigenvalue weighted by molar-refractivity contribution is -0.109. The lowest BCUT2D eigenvalue weighted by Gasteiger charge is -2.41. The van der Waals surface area contributed by atoms with Crippen LogP contribution in [-0.2, 0) is 15.9 Å². The summed E-state index contributed by atoms with van der Waals surface area (Å²) >= 11 is 0. The van der Waals surface area contributed by atoms with Gasteiger partial charge in [0.1, 0.15) is 12.5 Å². The molecule has 0 N–H and O–H groups in total. The van der Waals surface area contributed by atoms with Crippen LogP contribution in [0.4, 0.5) is 0 Å². The van der Waals surface area contributed by atoms with Gasteiger partial charge >= 0.3 is 0 Å². The SMILES string of the molecule is COCO[C@H]1CC[C@H]2c3ccc(OC)cc3CC[C@@]12C. The van der Waals surface area contributed by atoms with E-state index in [2.05, 4.69) is 25.1 Å². The maximum atomic E-state index is 5.94. The highest BCUT2D eigenvalue weighted by Crippen LogP contribution is 2.56. The molecule has 0 aliphatic heterocycles. The molecule has 0 radical (unpaired) electrons. The summed E-state index contributed by atoms with van der Waals surface area (Å²) in [6.45, 7) is 2.79. The minimum atomic E-state index is 0.250. The highest BCUT2D eigenvalue weighted by molar-refractivity contribution is 5.41. The number of aryl methyl sites for hydroxylation is 1. The Morgan fingerprint density at radius 1 is 1.25 bits per heavy atom. The fourth-order valence-electron chi connectivity index (χ4n) is 4.14. The first-order chi connectivity index (χ1) is 9.69. The number of hydrogen-bond donors (Lipinski definition) is 0. The summed E-state index contributed by atoms with van der Waals surface area (Å²) in [7, 11) is 3.43. The van der Waals surface area contributed by atoms with E-state index in [1.807, 2.05) is 0 Å². The summed E-state index contributed by atoms with van der Waals surface area (Å²) in [5, 5.41) is 0. The fraction of sp³-hybridized carbons (Fsp3) is 0.647. The summed E-state index contributed by atoms with van der Waals surface area (Å²) in [4.78, 5) is 0. The molecule has 1 saturated carbocycles. The van der Waals surface area contributed by atoms with Crippen LogP contribution in [0.2, 0.25) is 0 Å². The molecular formula is C17H24O3. The van der Waals surface area contributed by atoms with Crippen LogP contribution in [0.15, 0.2) is 18.2 Å². The summed E-state index contributed by atoms with van der Waals surface area (Å²) < 4.78 is 16.4. The quantitative estimate of drug-likeness (QED) is 0.788. The summed E-state index contributed by atoms with van der Waals surface area (Å²) in [6.07, 6.45) is 4.97. The monoisotopic (exact) mass is 276 g/mol. The normalized spacial score (nSPS) is 31.8. The van der Waals surface area contributed by atoms with Gasteiger partial charge in [0.25, 0.3) is 0 Å². The molecule has 3 atom stereocenters. The molecule has 0 heterocycles. The molecule has 2 aliphatic carbocycles. The van der Waals surface area contributed by atoms with Gasteiger partial charge in [-0.25, -0.2) is 0 Å². The topological polar surface area (TPSA) is 27.7 Å². The van der Waals surface area contributed by atoms with Crippen molar-refractivity contribution < 1.29 is 14.2 Å². The van der Waals surface area contributed by atoms with Crippen LogP contribution in [0.3, 0.4) is 0 Å². The Morgan fingerprint density at radius 2 is 2.10 bits per heavy atom. The number of fused-ring (bicyclic) bond motifs is 3. The first kappa shape index (κ1) is 13.9. The standard InChI is InChI=1S/C17H24O3/c1-17-9-8-12-10-13(19-3)4-5-14(12)15(17)6-7-16(17)20-11-18-2/h4-5,10,15-16H,6-9,11H2,1-3H3/t15-,16-,17+/m0/s1. The Morgan fingerprint density at radius 3 is 2.85 bits per heavy atom. The summed E-state index contributed by atoms with van der Waals surface area (Å²) in [5.41, 5.74) is 3.21. The van der Waals surface area contributed by atoms with Crippen LogP contribution in [0, 0.1) is 5.41 Å². The zero-order valence-electron chi connectivity index (χ0n) is 12.6. The zero-order valence-corrected chi connectivity index (χ0v) is 12.6. The summed E-state index contributed by atoms with van der Waals surface area (Å²) in [6, 6.07) is 6.56. The van der Waals surface area contributed by atoms with Gasteiger partial charge in [-0.05, 0) is 54.9 Å². The second-order valence-electron chi connectivity index (χ2n) is 6.26. The van der Waals surface area contributed by atoms with Crippen molar-refractivity contribution in [3.05, 3.63) is 29.3 Å². The van der Waals surface area contributed by atoms with E-state index in [9.17, 15) is 0 Å². The average Bonchev–Trinajstić information content (AvgIpc) is 2.81. The second-order valence-corrected chi connectivity index (χ2v) is 6.26.